The molecule has 1 aliphatic rings. The molecule has 0 aliphatic carbocycles. The molecule has 1 aliphatic heterocycles. The van der Waals surface area contributed by atoms with Crippen LogP contribution < -0.4 is 10.1 Å². The first-order valence-electron chi connectivity index (χ1n) is 10.3. The molecular weight excluding hydrogens is 444 g/mol. The summed E-state index contributed by atoms with van der Waals surface area (Å²) in [6.45, 7) is 4.96. The van der Waals surface area contributed by atoms with Gasteiger partial charge in [-0.25, -0.2) is 4.79 Å². The molecule has 3 rings (SSSR count). The average molecular weight is 469 g/mol. The standard InChI is InChI=1S/C24H24N2O6S/c1-4-31-23(29)16(3)26-22(28)20(33-24(26)30)13-17-7-5-6-8-19(17)32-14-21(27)25-18-11-9-15(2)10-12-18/h5-13,16H,4,14H2,1-3H3,(H,25,27). The fourth-order valence-corrected chi connectivity index (χ4v) is 3.93. The molecule has 8 nitrogen and oxygen atoms in total. The SMILES string of the molecule is CCOC(=O)C(C)N1C(=O)SC(=Cc2ccccc2OCC(=O)Nc2ccc(C)cc2)C1=O. The lowest BCUT2D eigenvalue weighted by atomic mass is 10.1. The van der Waals surface area contributed by atoms with Crippen molar-refractivity contribution in [2.24, 2.45) is 0 Å². The molecular formula is C24H24N2O6S. The molecule has 1 atom stereocenters. The molecule has 172 valence electrons. The van der Waals surface area contributed by atoms with Gasteiger partial charge in [0.2, 0.25) is 0 Å². The number of rotatable bonds is 8. The van der Waals surface area contributed by atoms with Gasteiger partial charge in [-0.3, -0.25) is 19.3 Å². The zero-order valence-corrected chi connectivity index (χ0v) is 19.3. The van der Waals surface area contributed by atoms with E-state index in [0.29, 0.717) is 17.0 Å². The van der Waals surface area contributed by atoms with Gasteiger partial charge in [-0.1, -0.05) is 35.9 Å². The number of ether oxygens (including phenoxy) is 2. The monoisotopic (exact) mass is 468 g/mol. The summed E-state index contributed by atoms with van der Waals surface area (Å²) in [5, 5.41) is 2.20. The number of esters is 1. The van der Waals surface area contributed by atoms with Crippen molar-refractivity contribution in [2.45, 2.75) is 26.8 Å². The summed E-state index contributed by atoms with van der Waals surface area (Å²) in [4.78, 5) is 50.4. The summed E-state index contributed by atoms with van der Waals surface area (Å²) >= 11 is 0.732. The number of aryl methyl sites for hydroxylation is 1. The Labute approximate surface area is 195 Å². The van der Waals surface area contributed by atoms with Gasteiger partial charge < -0.3 is 14.8 Å². The first-order valence-corrected chi connectivity index (χ1v) is 11.1. The second-order valence-electron chi connectivity index (χ2n) is 7.22. The number of amides is 3. The fraction of sp³-hybridized carbons (Fsp3) is 0.250. The van der Waals surface area contributed by atoms with E-state index in [1.54, 1.807) is 43.3 Å². The van der Waals surface area contributed by atoms with Gasteiger partial charge in [-0.05, 0) is 56.8 Å². The topological polar surface area (TPSA) is 102 Å². The fourth-order valence-electron chi connectivity index (χ4n) is 3.03. The number of nitrogens with zero attached hydrogens (tertiary/aromatic N) is 1. The molecule has 0 spiro atoms. The van der Waals surface area contributed by atoms with E-state index in [4.69, 9.17) is 9.47 Å². The van der Waals surface area contributed by atoms with Gasteiger partial charge in [0, 0.05) is 11.3 Å². The molecule has 3 amide bonds. The van der Waals surface area contributed by atoms with Crippen molar-refractivity contribution in [3.8, 4) is 5.75 Å². The van der Waals surface area contributed by atoms with Gasteiger partial charge >= 0.3 is 5.97 Å². The number of hydrogen-bond donors (Lipinski definition) is 1. The number of para-hydroxylation sites is 1. The number of anilines is 1. The zero-order chi connectivity index (χ0) is 24.0. The number of hydrogen-bond acceptors (Lipinski definition) is 7. The van der Waals surface area contributed by atoms with E-state index in [1.165, 1.54) is 13.0 Å². The summed E-state index contributed by atoms with van der Waals surface area (Å²) in [5.74, 6) is -1.19. The first kappa shape index (κ1) is 24.1. The molecule has 0 bridgehead atoms. The summed E-state index contributed by atoms with van der Waals surface area (Å²) in [6.07, 6.45) is 1.51. The molecule has 1 N–H and O–H groups in total. The van der Waals surface area contributed by atoms with E-state index in [0.717, 1.165) is 22.2 Å². The van der Waals surface area contributed by atoms with Crippen molar-refractivity contribution in [2.75, 3.05) is 18.5 Å². The van der Waals surface area contributed by atoms with E-state index in [2.05, 4.69) is 5.32 Å². The van der Waals surface area contributed by atoms with Gasteiger partial charge in [0.05, 0.1) is 11.5 Å². The Kier molecular flexibility index (Phi) is 7.89. The molecule has 1 fully saturated rings. The van der Waals surface area contributed by atoms with Gasteiger partial charge in [-0.15, -0.1) is 0 Å². The smallest absolute Gasteiger partial charge is 0.329 e. The number of thioether (sulfide) groups is 1. The lowest BCUT2D eigenvalue weighted by molar-refractivity contribution is -0.150. The Balaban J connectivity index is 1.70. The number of carbonyl (C=O) groups excluding carboxylic acids is 4. The molecule has 9 heteroatoms. The van der Waals surface area contributed by atoms with Crippen molar-refractivity contribution >= 4 is 46.5 Å². The van der Waals surface area contributed by atoms with E-state index in [1.807, 2.05) is 19.1 Å². The normalized spacial score (nSPS) is 15.5. The molecule has 2 aromatic rings. The molecule has 1 unspecified atom stereocenters. The van der Waals surface area contributed by atoms with E-state index in [-0.39, 0.29) is 24.0 Å². The Morgan fingerprint density at radius 2 is 1.82 bits per heavy atom. The summed E-state index contributed by atoms with van der Waals surface area (Å²) in [5.41, 5.74) is 2.26. The van der Waals surface area contributed by atoms with Gasteiger partial charge in [0.1, 0.15) is 11.8 Å². The van der Waals surface area contributed by atoms with Crippen molar-refractivity contribution in [1.82, 2.24) is 4.90 Å². The number of nitrogens with one attached hydrogen (secondary N) is 1. The van der Waals surface area contributed by atoms with Crippen LogP contribution in [0.5, 0.6) is 5.75 Å². The van der Waals surface area contributed by atoms with Crippen LogP contribution in [0.1, 0.15) is 25.0 Å². The third-order valence-corrected chi connectivity index (χ3v) is 5.62. The summed E-state index contributed by atoms with van der Waals surface area (Å²) in [6, 6.07) is 13.2. The van der Waals surface area contributed by atoms with Crippen LogP contribution in [-0.4, -0.2) is 47.2 Å². The Bertz CT molecular complexity index is 1100. The van der Waals surface area contributed by atoms with Gasteiger partial charge in [-0.2, -0.15) is 0 Å². The maximum Gasteiger partial charge on any atom is 0.329 e. The molecule has 0 radical (unpaired) electrons. The largest absolute Gasteiger partial charge is 0.483 e. The highest BCUT2D eigenvalue weighted by molar-refractivity contribution is 8.18. The van der Waals surface area contributed by atoms with E-state index < -0.39 is 23.2 Å². The van der Waals surface area contributed by atoms with Crippen LogP contribution in [0.4, 0.5) is 10.5 Å². The second kappa shape index (κ2) is 10.8. The number of imide groups is 1. The quantitative estimate of drug-likeness (QED) is 0.461. The number of benzene rings is 2. The van der Waals surface area contributed by atoms with Crippen molar-refractivity contribution in [1.29, 1.82) is 0 Å². The van der Waals surface area contributed by atoms with Crippen LogP contribution in [0.15, 0.2) is 53.4 Å². The summed E-state index contributed by atoms with van der Waals surface area (Å²) in [7, 11) is 0. The van der Waals surface area contributed by atoms with Crippen molar-refractivity contribution < 1.29 is 28.7 Å². The van der Waals surface area contributed by atoms with Crippen LogP contribution in [0.2, 0.25) is 0 Å². The first-order chi connectivity index (χ1) is 15.8. The molecule has 1 heterocycles. The van der Waals surface area contributed by atoms with Gasteiger partial charge in [0.15, 0.2) is 6.61 Å². The second-order valence-corrected chi connectivity index (χ2v) is 8.21. The average Bonchev–Trinajstić information content (AvgIpc) is 3.07. The lowest BCUT2D eigenvalue weighted by Gasteiger charge is -2.19. The van der Waals surface area contributed by atoms with Crippen LogP contribution in [0, 0.1) is 6.92 Å². The minimum absolute atomic E-state index is 0.149. The predicted octanol–water partition coefficient (Wildman–Crippen LogP) is 4.00. The minimum Gasteiger partial charge on any atom is -0.483 e. The van der Waals surface area contributed by atoms with E-state index >= 15 is 0 Å². The minimum atomic E-state index is -1.03. The molecule has 1 saturated heterocycles. The third kappa shape index (κ3) is 6.01. The third-order valence-electron chi connectivity index (χ3n) is 4.74. The van der Waals surface area contributed by atoms with E-state index in [9.17, 15) is 19.2 Å². The zero-order valence-electron chi connectivity index (χ0n) is 18.5. The van der Waals surface area contributed by atoms with Crippen LogP contribution in [0.25, 0.3) is 6.08 Å². The van der Waals surface area contributed by atoms with Crippen molar-refractivity contribution in [3.05, 3.63) is 64.6 Å². The highest BCUT2D eigenvalue weighted by Crippen LogP contribution is 2.35. The molecule has 33 heavy (non-hydrogen) atoms. The lowest BCUT2D eigenvalue weighted by Crippen LogP contribution is -2.42. The molecule has 0 aromatic heterocycles. The summed E-state index contributed by atoms with van der Waals surface area (Å²) < 4.78 is 10.6. The number of carbonyl (C=O) groups is 4. The predicted molar refractivity (Wildman–Crippen MR) is 126 cm³/mol. The Hall–Kier alpha value is -3.59. The maximum atomic E-state index is 12.8. The van der Waals surface area contributed by atoms with Gasteiger partial charge in [0.25, 0.3) is 17.1 Å². The van der Waals surface area contributed by atoms with Crippen molar-refractivity contribution in [3.63, 3.8) is 0 Å². The van der Waals surface area contributed by atoms with Crippen LogP contribution in [-0.2, 0) is 19.1 Å². The van der Waals surface area contributed by atoms with Crippen LogP contribution >= 0.6 is 11.8 Å². The highest BCUT2D eigenvalue weighted by atomic mass is 32.2. The Morgan fingerprint density at radius 1 is 1.12 bits per heavy atom. The van der Waals surface area contributed by atoms with Crippen LogP contribution in [0.3, 0.4) is 0 Å². The molecule has 0 saturated carbocycles. The Morgan fingerprint density at radius 3 is 2.52 bits per heavy atom. The highest BCUT2D eigenvalue weighted by Gasteiger charge is 2.41. The maximum absolute atomic E-state index is 12.8. The molecule has 2 aromatic carbocycles.